The Morgan fingerprint density at radius 1 is 1.15 bits per heavy atom. The van der Waals surface area contributed by atoms with Crippen molar-refractivity contribution in [2.24, 2.45) is 0 Å². The van der Waals surface area contributed by atoms with Crippen LogP contribution in [0.3, 0.4) is 0 Å². The molecule has 1 aliphatic rings. The van der Waals surface area contributed by atoms with Crippen LogP contribution in [-0.4, -0.2) is 84.2 Å². The molecule has 0 spiro atoms. The summed E-state index contributed by atoms with van der Waals surface area (Å²) in [7, 11) is 3.57. The Kier molecular flexibility index (Phi) is 13.3. The second-order valence-electron chi connectivity index (χ2n) is 8.57. The predicted octanol–water partition coefficient (Wildman–Crippen LogP) is 4.64. The highest BCUT2D eigenvalue weighted by atomic mass is 35.5. The zero-order chi connectivity index (χ0) is 28.9. The number of likely N-dealkylation sites (N-methyl/N-ethyl adjacent to an activating group) is 1. The molecule has 212 valence electrons. The van der Waals surface area contributed by atoms with E-state index in [-0.39, 0.29) is 36.4 Å². The Balaban J connectivity index is 0.00000260. The van der Waals surface area contributed by atoms with Crippen LogP contribution in [0.2, 0.25) is 5.02 Å². The second kappa shape index (κ2) is 16.1. The maximum Gasteiger partial charge on any atom is 0.409 e. The maximum absolute atomic E-state index is 14.7. The van der Waals surface area contributed by atoms with Gasteiger partial charge in [-0.1, -0.05) is 11.6 Å². The number of rotatable bonds is 10. The SMILES string of the molecule is C#C.CN1CCC(OC(=O)N(C)CCN(CC(=O)NO)Sc2cc(F)c(Oc3ccc(Cl)cc3)c(F)c2)CC1. The number of nitrogens with zero attached hydrogens (tertiary/aromatic N) is 3. The number of piperidine rings is 1. The van der Waals surface area contributed by atoms with Crippen molar-refractivity contribution < 1.29 is 33.1 Å². The van der Waals surface area contributed by atoms with Gasteiger partial charge in [0, 0.05) is 43.1 Å². The van der Waals surface area contributed by atoms with Gasteiger partial charge in [-0.05, 0) is 68.2 Å². The van der Waals surface area contributed by atoms with Crippen molar-refractivity contribution in [3.05, 3.63) is 53.1 Å². The third-order valence-electron chi connectivity index (χ3n) is 5.61. The Labute approximate surface area is 236 Å². The highest BCUT2D eigenvalue weighted by Gasteiger charge is 2.23. The highest BCUT2D eigenvalue weighted by Crippen LogP contribution is 2.33. The fourth-order valence-corrected chi connectivity index (χ4v) is 4.59. The molecule has 39 heavy (non-hydrogen) atoms. The minimum absolute atomic E-state index is 0.142. The third kappa shape index (κ3) is 10.5. The molecule has 9 nitrogen and oxygen atoms in total. The number of hydrogen-bond donors (Lipinski definition) is 2. The lowest BCUT2D eigenvalue weighted by molar-refractivity contribution is -0.129. The van der Waals surface area contributed by atoms with Gasteiger partial charge >= 0.3 is 6.09 Å². The molecule has 0 radical (unpaired) electrons. The summed E-state index contributed by atoms with van der Waals surface area (Å²) in [4.78, 5) is 27.9. The lowest BCUT2D eigenvalue weighted by atomic mass is 10.1. The number of benzene rings is 2. The molecule has 2 N–H and O–H groups in total. The van der Waals surface area contributed by atoms with Gasteiger partial charge < -0.3 is 19.3 Å². The van der Waals surface area contributed by atoms with Gasteiger partial charge in [-0.25, -0.2) is 23.4 Å². The normalized spacial score (nSPS) is 13.8. The highest BCUT2D eigenvalue weighted by molar-refractivity contribution is 7.97. The van der Waals surface area contributed by atoms with Gasteiger partial charge in [-0.3, -0.25) is 10.0 Å². The largest absolute Gasteiger partial charge is 0.451 e. The van der Waals surface area contributed by atoms with Gasteiger partial charge in [0.2, 0.25) is 0 Å². The molecule has 13 heteroatoms. The number of hydrogen-bond acceptors (Lipinski definition) is 8. The van der Waals surface area contributed by atoms with Gasteiger partial charge in [0.25, 0.3) is 5.91 Å². The molecule has 1 fully saturated rings. The smallest absolute Gasteiger partial charge is 0.409 e. The molecule has 3 rings (SSSR count). The molecule has 0 saturated carbocycles. The van der Waals surface area contributed by atoms with Gasteiger partial charge in [-0.2, -0.15) is 0 Å². The standard InChI is InChI=1S/C24H29ClF2N4O5S.C2H2/c1-29-9-7-18(8-10-29)36-24(33)30(2)11-12-31(15-22(32)28-34)37-19-13-20(26)23(21(27)14-19)35-17-5-3-16(25)4-6-17;1-2/h3-6,13-14,18,34H,7-12,15H2,1-2H3,(H,28,32);1-2H. The lowest BCUT2D eigenvalue weighted by Crippen LogP contribution is -2.41. The molecule has 1 aliphatic heterocycles. The average molecular weight is 585 g/mol. The first-order valence-electron chi connectivity index (χ1n) is 11.9. The average Bonchev–Trinajstić information content (AvgIpc) is 2.92. The first-order valence-corrected chi connectivity index (χ1v) is 13.0. The number of halogens is 3. The molecule has 2 amide bonds. The van der Waals surface area contributed by atoms with Crippen molar-refractivity contribution in [2.45, 2.75) is 23.8 Å². The molecule has 0 aliphatic carbocycles. The summed E-state index contributed by atoms with van der Waals surface area (Å²) in [5.41, 5.74) is 1.53. The van der Waals surface area contributed by atoms with Gasteiger partial charge in [-0.15, -0.1) is 12.8 Å². The summed E-state index contributed by atoms with van der Waals surface area (Å²) in [6.07, 6.45) is 8.86. The van der Waals surface area contributed by atoms with Crippen LogP contribution in [0.15, 0.2) is 41.3 Å². The molecule has 0 unspecified atom stereocenters. The van der Waals surface area contributed by atoms with E-state index in [4.69, 9.17) is 26.3 Å². The van der Waals surface area contributed by atoms with E-state index >= 15 is 0 Å². The van der Waals surface area contributed by atoms with Gasteiger partial charge in [0.05, 0.1) is 6.54 Å². The lowest BCUT2D eigenvalue weighted by Gasteiger charge is -2.30. The number of amides is 2. The van der Waals surface area contributed by atoms with Crippen LogP contribution >= 0.6 is 23.5 Å². The molecule has 0 bridgehead atoms. The Hall–Kier alpha value is -3.08. The molecule has 1 heterocycles. The van der Waals surface area contributed by atoms with Crippen molar-refractivity contribution in [1.82, 2.24) is 19.6 Å². The Bertz CT molecular complexity index is 1090. The number of carbonyl (C=O) groups excluding carboxylic acids is 2. The summed E-state index contributed by atoms with van der Waals surface area (Å²) in [5, 5.41) is 9.38. The van der Waals surface area contributed by atoms with E-state index in [1.165, 1.54) is 39.0 Å². The van der Waals surface area contributed by atoms with Crippen LogP contribution in [0.1, 0.15) is 12.8 Å². The summed E-state index contributed by atoms with van der Waals surface area (Å²) >= 11 is 6.71. The van der Waals surface area contributed by atoms with E-state index < -0.39 is 29.4 Å². The monoisotopic (exact) mass is 584 g/mol. The summed E-state index contributed by atoms with van der Waals surface area (Å²) < 4.78 is 41.7. The summed E-state index contributed by atoms with van der Waals surface area (Å²) in [6, 6.07) is 8.16. The summed E-state index contributed by atoms with van der Waals surface area (Å²) in [6.45, 7) is 1.70. The third-order valence-corrected chi connectivity index (χ3v) is 6.88. The molecule has 2 aromatic carbocycles. The van der Waals surface area contributed by atoms with Crippen LogP contribution in [-0.2, 0) is 9.53 Å². The Morgan fingerprint density at radius 2 is 1.74 bits per heavy atom. The minimum atomic E-state index is -0.942. The van der Waals surface area contributed by atoms with E-state index in [1.807, 2.05) is 7.05 Å². The second-order valence-corrected chi connectivity index (χ2v) is 10.2. The van der Waals surface area contributed by atoms with E-state index in [1.54, 1.807) is 7.05 Å². The predicted molar refractivity (Wildman–Crippen MR) is 145 cm³/mol. The number of carbonyl (C=O) groups is 2. The number of terminal acetylenes is 1. The maximum atomic E-state index is 14.7. The van der Waals surface area contributed by atoms with Crippen molar-refractivity contribution in [2.75, 3.05) is 46.8 Å². The molecule has 0 aromatic heterocycles. The van der Waals surface area contributed by atoms with Crippen LogP contribution < -0.4 is 10.2 Å². The fourth-order valence-electron chi connectivity index (χ4n) is 3.50. The molecule has 2 aromatic rings. The van der Waals surface area contributed by atoms with Gasteiger partial charge in [0.15, 0.2) is 17.4 Å². The first-order chi connectivity index (χ1) is 18.6. The van der Waals surface area contributed by atoms with Crippen molar-refractivity contribution in [3.8, 4) is 24.3 Å². The molecular weight excluding hydrogens is 554 g/mol. The molecular formula is C26H31ClF2N4O5S. The molecule has 1 saturated heterocycles. The molecule has 0 atom stereocenters. The van der Waals surface area contributed by atoms with E-state index in [0.717, 1.165) is 50.0 Å². The topological polar surface area (TPSA) is 94.6 Å². The van der Waals surface area contributed by atoms with Crippen LogP contribution in [0.5, 0.6) is 11.5 Å². The summed E-state index contributed by atoms with van der Waals surface area (Å²) in [5.74, 6) is -2.99. The zero-order valence-corrected chi connectivity index (χ0v) is 23.2. The number of hydroxylamine groups is 1. The van der Waals surface area contributed by atoms with Crippen LogP contribution in [0.4, 0.5) is 13.6 Å². The van der Waals surface area contributed by atoms with Crippen molar-refractivity contribution in [1.29, 1.82) is 0 Å². The van der Waals surface area contributed by atoms with Crippen molar-refractivity contribution >= 4 is 35.5 Å². The van der Waals surface area contributed by atoms with E-state index in [9.17, 15) is 18.4 Å². The zero-order valence-electron chi connectivity index (χ0n) is 21.6. The number of ether oxygens (including phenoxy) is 2. The number of nitrogens with one attached hydrogen (secondary N) is 1. The van der Waals surface area contributed by atoms with Crippen LogP contribution in [0, 0.1) is 24.5 Å². The minimum Gasteiger partial charge on any atom is -0.451 e. The quantitative estimate of drug-likeness (QED) is 0.181. The van der Waals surface area contributed by atoms with E-state index in [0.29, 0.717) is 5.02 Å². The van der Waals surface area contributed by atoms with Crippen LogP contribution in [0.25, 0.3) is 0 Å². The van der Waals surface area contributed by atoms with Gasteiger partial charge in [0.1, 0.15) is 11.9 Å². The van der Waals surface area contributed by atoms with Crippen molar-refractivity contribution in [3.63, 3.8) is 0 Å². The Morgan fingerprint density at radius 3 is 2.31 bits per heavy atom. The number of likely N-dealkylation sites (tertiary alicyclic amines) is 1. The first kappa shape index (κ1) is 32.1. The fraction of sp³-hybridized carbons (Fsp3) is 0.385. The van der Waals surface area contributed by atoms with E-state index in [2.05, 4.69) is 17.7 Å².